The van der Waals surface area contributed by atoms with Gasteiger partial charge in [-0.25, -0.2) is 13.2 Å². The molecule has 0 spiro atoms. The molecule has 0 N–H and O–H groups in total. The van der Waals surface area contributed by atoms with Gasteiger partial charge in [-0.3, -0.25) is 9.59 Å². The van der Waals surface area contributed by atoms with Crippen molar-refractivity contribution in [3.8, 4) is 0 Å². The molecule has 0 aliphatic carbocycles. The summed E-state index contributed by atoms with van der Waals surface area (Å²) in [5.74, 6) is -1.56. The van der Waals surface area contributed by atoms with E-state index < -0.39 is 43.4 Å². The van der Waals surface area contributed by atoms with Crippen molar-refractivity contribution in [2.24, 2.45) is 5.41 Å². The van der Waals surface area contributed by atoms with Gasteiger partial charge in [0.15, 0.2) is 11.6 Å². The van der Waals surface area contributed by atoms with Gasteiger partial charge in [0.2, 0.25) is 0 Å². The van der Waals surface area contributed by atoms with Crippen LogP contribution in [0.1, 0.15) is 16.1 Å². The van der Waals surface area contributed by atoms with E-state index in [1.807, 2.05) is 0 Å². The summed E-state index contributed by atoms with van der Waals surface area (Å²) >= 11 is 1.12. The Morgan fingerprint density at radius 1 is 1.18 bits per heavy atom. The maximum absolute atomic E-state index is 12.5. The van der Waals surface area contributed by atoms with Crippen LogP contribution in [0.15, 0.2) is 17.5 Å². The number of hydrogen-bond acceptors (Lipinski definition) is 3. The minimum atomic E-state index is -2.30. The minimum Gasteiger partial charge on any atom is -0.298 e. The molecule has 6 heteroatoms. The first kappa shape index (κ1) is 13.9. The average Bonchev–Trinajstić information content (AvgIpc) is 2.85. The van der Waals surface area contributed by atoms with Crippen molar-refractivity contribution in [2.45, 2.75) is 6.42 Å². The van der Waals surface area contributed by atoms with Crippen LogP contribution in [0.4, 0.5) is 13.2 Å². The second-order valence-electron chi connectivity index (χ2n) is 3.68. The number of rotatable bonds is 7. The van der Waals surface area contributed by atoms with E-state index in [0.717, 1.165) is 11.3 Å². The smallest absolute Gasteiger partial charge is 0.180 e. The molecule has 1 aromatic rings. The van der Waals surface area contributed by atoms with E-state index in [-0.39, 0.29) is 0 Å². The van der Waals surface area contributed by atoms with E-state index in [1.165, 1.54) is 6.07 Å². The van der Waals surface area contributed by atoms with Crippen molar-refractivity contribution in [3.63, 3.8) is 0 Å². The zero-order chi connectivity index (χ0) is 12.9. The summed E-state index contributed by atoms with van der Waals surface area (Å²) in [5.41, 5.74) is -2.30. The van der Waals surface area contributed by atoms with E-state index in [2.05, 4.69) is 0 Å². The Hall–Kier alpha value is -1.17. The molecule has 1 heterocycles. The molecule has 0 unspecified atom stereocenters. The molecule has 0 radical (unpaired) electrons. The predicted molar refractivity (Wildman–Crippen MR) is 58.6 cm³/mol. The van der Waals surface area contributed by atoms with Crippen LogP contribution in [-0.2, 0) is 4.79 Å². The largest absolute Gasteiger partial charge is 0.298 e. The maximum Gasteiger partial charge on any atom is 0.180 e. The summed E-state index contributed by atoms with van der Waals surface area (Å²) in [6, 6.07) is 3.12. The van der Waals surface area contributed by atoms with Crippen LogP contribution in [0.3, 0.4) is 0 Å². The molecule has 1 rings (SSSR count). The Labute approximate surface area is 100 Å². The molecule has 0 aromatic carbocycles. The van der Waals surface area contributed by atoms with Crippen molar-refractivity contribution in [3.05, 3.63) is 22.4 Å². The Kier molecular flexibility index (Phi) is 4.86. The Morgan fingerprint density at radius 3 is 2.18 bits per heavy atom. The molecule has 0 saturated carbocycles. The molecule has 0 aliphatic heterocycles. The van der Waals surface area contributed by atoms with E-state index in [0.29, 0.717) is 4.88 Å². The van der Waals surface area contributed by atoms with E-state index in [4.69, 9.17) is 0 Å². The van der Waals surface area contributed by atoms with Crippen LogP contribution in [0.2, 0.25) is 0 Å². The van der Waals surface area contributed by atoms with Gasteiger partial charge in [0.25, 0.3) is 0 Å². The summed E-state index contributed by atoms with van der Waals surface area (Å²) < 4.78 is 37.6. The Bertz CT molecular complexity index is 377. The normalized spacial score (nSPS) is 11.5. The second-order valence-corrected chi connectivity index (χ2v) is 4.63. The fourth-order valence-electron chi connectivity index (χ4n) is 1.19. The summed E-state index contributed by atoms with van der Waals surface area (Å²) in [4.78, 5) is 23.4. The lowest BCUT2D eigenvalue weighted by Gasteiger charge is -2.21. The molecule has 0 atom stereocenters. The van der Waals surface area contributed by atoms with Gasteiger partial charge in [0, 0.05) is 0 Å². The molecular formula is C11H11F3O2S. The molecule has 17 heavy (non-hydrogen) atoms. The van der Waals surface area contributed by atoms with E-state index >= 15 is 0 Å². The first-order chi connectivity index (χ1) is 8.09. The van der Waals surface area contributed by atoms with Crippen LogP contribution in [-0.4, -0.2) is 31.6 Å². The molecule has 0 bridgehead atoms. The highest BCUT2D eigenvalue weighted by Gasteiger charge is 2.40. The number of carbonyl (C=O) groups excluding carboxylic acids is 2. The highest BCUT2D eigenvalue weighted by atomic mass is 32.1. The van der Waals surface area contributed by atoms with E-state index in [1.54, 1.807) is 11.4 Å². The number of carbonyl (C=O) groups is 2. The molecule has 0 fully saturated rings. The molecule has 2 nitrogen and oxygen atoms in total. The highest BCUT2D eigenvalue weighted by molar-refractivity contribution is 7.12. The van der Waals surface area contributed by atoms with Gasteiger partial charge in [0.05, 0.1) is 11.3 Å². The lowest BCUT2D eigenvalue weighted by molar-refractivity contribution is -0.130. The van der Waals surface area contributed by atoms with Gasteiger partial charge in [-0.15, -0.1) is 11.3 Å². The number of thiophene rings is 1. The van der Waals surface area contributed by atoms with Crippen LogP contribution in [0.5, 0.6) is 0 Å². The summed E-state index contributed by atoms with van der Waals surface area (Å²) in [7, 11) is 0. The molecule has 94 valence electrons. The first-order valence-electron chi connectivity index (χ1n) is 4.87. The van der Waals surface area contributed by atoms with Crippen molar-refractivity contribution >= 4 is 22.9 Å². The second kappa shape index (κ2) is 5.95. The highest BCUT2D eigenvalue weighted by Crippen LogP contribution is 2.24. The molecular weight excluding hydrogens is 253 g/mol. The summed E-state index contributed by atoms with van der Waals surface area (Å²) in [6.07, 6.45) is -0.668. The standard InChI is InChI=1S/C11H11F3O2S/c12-5-11(6-13,7-14)10(16)4-8(15)9-2-1-3-17-9/h1-3H,4-7H2. The van der Waals surface area contributed by atoms with Crippen LogP contribution >= 0.6 is 11.3 Å². The van der Waals surface area contributed by atoms with Gasteiger partial charge in [-0.05, 0) is 11.4 Å². The van der Waals surface area contributed by atoms with Gasteiger partial charge in [0.1, 0.15) is 25.4 Å². The number of hydrogen-bond donors (Lipinski definition) is 0. The average molecular weight is 264 g/mol. The third kappa shape index (κ3) is 2.94. The third-order valence-electron chi connectivity index (χ3n) is 2.48. The third-order valence-corrected chi connectivity index (χ3v) is 3.39. The Balaban J connectivity index is 2.74. The lowest BCUT2D eigenvalue weighted by Crippen LogP contribution is -2.39. The monoisotopic (exact) mass is 264 g/mol. The number of ketones is 2. The van der Waals surface area contributed by atoms with Gasteiger partial charge < -0.3 is 0 Å². The van der Waals surface area contributed by atoms with Crippen molar-refractivity contribution in [1.29, 1.82) is 0 Å². The molecule has 0 aliphatic rings. The van der Waals surface area contributed by atoms with Crippen LogP contribution in [0.25, 0.3) is 0 Å². The fraction of sp³-hybridized carbons (Fsp3) is 0.455. The zero-order valence-corrected chi connectivity index (χ0v) is 9.74. The van der Waals surface area contributed by atoms with Gasteiger partial charge in [-0.1, -0.05) is 6.07 Å². The summed E-state index contributed by atoms with van der Waals surface area (Å²) in [6.45, 7) is -4.30. The SMILES string of the molecule is O=C(CC(=O)C(CF)(CF)CF)c1cccs1. The topological polar surface area (TPSA) is 34.1 Å². The Morgan fingerprint density at radius 2 is 1.76 bits per heavy atom. The van der Waals surface area contributed by atoms with Gasteiger partial charge in [-0.2, -0.15) is 0 Å². The first-order valence-corrected chi connectivity index (χ1v) is 5.75. The molecule has 0 amide bonds. The van der Waals surface area contributed by atoms with Crippen LogP contribution < -0.4 is 0 Å². The maximum atomic E-state index is 12.5. The predicted octanol–water partition coefficient (Wildman–Crippen LogP) is 2.78. The summed E-state index contributed by atoms with van der Waals surface area (Å²) in [5, 5.41) is 1.64. The number of Topliss-reactive ketones (excluding diaryl/α,β-unsaturated/α-hetero) is 2. The van der Waals surface area contributed by atoms with Crippen LogP contribution in [0, 0.1) is 5.41 Å². The zero-order valence-electron chi connectivity index (χ0n) is 8.92. The molecule has 0 saturated heterocycles. The number of alkyl halides is 3. The van der Waals surface area contributed by atoms with Crippen molar-refractivity contribution in [2.75, 3.05) is 20.0 Å². The molecule has 1 aromatic heterocycles. The van der Waals surface area contributed by atoms with E-state index in [9.17, 15) is 22.8 Å². The van der Waals surface area contributed by atoms with Crippen molar-refractivity contribution in [1.82, 2.24) is 0 Å². The minimum absolute atomic E-state index is 0.323. The number of halogens is 3. The fourth-order valence-corrected chi connectivity index (χ4v) is 1.85. The quantitative estimate of drug-likeness (QED) is 0.560. The van der Waals surface area contributed by atoms with Crippen molar-refractivity contribution < 1.29 is 22.8 Å². The van der Waals surface area contributed by atoms with Gasteiger partial charge >= 0.3 is 0 Å². The lowest BCUT2D eigenvalue weighted by atomic mass is 9.85.